The van der Waals surface area contributed by atoms with E-state index in [9.17, 15) is 4.79 Å². The summed E-state index contributed by atoms with van der Waals surface area (Å²) in [6, 6.07) is 20.7. The zero-order valence-electron chi connectivity index (χ0n) is 16.4. The summed E-state index contributed by atoms with van der Waals surface area (Å²) in [4.78, 5) is 17.4. The van der Waals surface area contributed by atoms with Crippen LogP contribution >= 0.6 is 27.5 Å². The molecule has 5 nitrogen and oxygen atoms in total. The summed E-state index contributed by atoms with van der Waals surface area (Å²) < 4.78 is 2.61. The highest BCUT2D eigenvalue weighted by molar-refractivity contribution is 9.10. The molecule has 0 fully saturated rings. The summed E-state index contributed by atoms with van der Waals surface area (Å²) in [6.45, 7) is 4.03. The highest BCUT2D eigenvalue weighted by Gasteiger charge is 2.19. The first-order valence-corrected chi connectivity index (χ1v) is 10.5. The Labute approximate surface area is 187 Å². The molecule has 4 aromatic rings. The van der Waals surface area contributed by atoms with E-state index in [1.54, 1.807) is 16.8 Å². The molecule has 3 aromatic carbocycles. The summed E-state index contributed by atoms with van der Waals surface area (Å²) in [5.74, 6) is 0.268. The van der Waals surface area contributed by atoms with E-state index < -0.39 is 0 Å². The van der Waals surface area contributed by atoms with E-state index in [0.29, 0.717) is 16.5 Å². The molecule has 0 aliphatic carbocycles. The summed E-state index contributed by atoms with van der Waals surface area (Å²) in [7, 11) is 0. The number of nitrogens with zero attached hydrogens (tertiary/aromatic N) is 3. The average Bonchev–Trinajstić information content (AvgIpc) is 3.17. The van der Waals surface area contributed by atoms with Crippen LogP contribution in [0.25, 0.3) is 17.1 Å². The Morgan fingerprint density at radius 3 is 2.33 bits per heavy atom. The fraction of sp³-hybridized carbons (Fsp3) is 0.0870. The molecule has 1 heterocycles. The maximum Gasteiger partial charge on any atom is 0.295 e. The number of rotatable bonds is 4. The van der Waals surface area contributed by atoms with Gasteiger partial charge in [-0.3, -0.25) is 4.79 Å². The number of carbonyl (C=O) groups is 1. The van der Waals surface area contributed by atoms with Crippen molar-refractivity contribution in [1.29, 1.82) is 0 Å². The number of halogens is 2. The van der Waals surface area contributed by atoms with Crippen molar-refractivity contribution in [2.45, 2.75) is 13.8 Å². The maximum atomic E-state index is 12.9. The van der Waals surface area contributed by atoms with Crippen molar-refractivity contribution in [3.63, 3.8) is 0 Å². The standard InChI is InChI=1S/C23H18BrClN4O/c1-14-3-10-19(13-15(14)2)26-23(30)21-27-22(16-4-8-18(25)9-5-16)29(28-21)20-11-6-17(24)7-12-20/h3-13H,1-2H3,(H,26,30). The number of aromatic nitrogens is 3. The van der Waals surface area contributed by atoms with Gasteiger partial charge in [0.1, 0.15) is 0 Å². The topological polar surface area (TPSA) is 59.8 Å². The molecule has 0 aliphatic heterocycles. The summed E-state index contributed by atoms with van der Waals surface area (Å²) in [6.07, 6.45) is 0. The van der Waals surface area contributed by atoms with Crippen molar-refractivity contribution in [2.24, 2.45) is 0 Å². The van der Waals surface area contributed by atoms with Crippen LogP contribution in [0.1, 0.15) is 21.7 Å². The molecule has 7 heteroatoms. The second-order valence-electron chi connectivity index (χ2n) is 6.91. The zero-order chi connectivity index (χ0) is 21.3. The molecule has 30 heavy (non-hydrogen) atoms. The molecule has 0 spiro atoms. The maximum absolute atomic E-state index is 12.9. The minimum absolute atomic E-state index is 0.0843. The monoisotopic (exact) mass is 480 g/mol. The van der Waals surface area contributed by atoms with E-state index in [0.717, 1.165) is 26.9 Å². The Bertz CT molecular complexity index is 1150. The number of anilines is 1. The van der Waals surface area contributed by atoms with Gasteiger partial charge < -0.3 is 5.32 Å². The fourth-order valence-corrected chi connectivity index (χ4v) is 3.35. The lowest BCUT2D eigenvalue weighted by Gasteiger charge is -2.06. The van der Waals surface area contributed by atoms with Crippen LogP contribution in [-0.4, -0.2) is 20.7 Å². The molecular formula is C23H18BrClN4O. The predicted molar refractivity (Wildman–Crippen MR) is 123 cm³/mol. The first-order chi connectivity index (χ1) is 14.4. The number of amides is 1. The van der Waals surface area contributed by atoms with Crippen LogP contribution in [0.15, 0.2) is 71.2 Å². The van der Waals surface area contributed by atoms with E-state index in [4.69, 9.17) is 11.6 Å². The molecule has 0 saturated carbocycles. The first-order valence-electron chi connectivity index (χ1n) is 9.28. The number of nitrogens with one attached hydrogen (secondary N) is 1. The summed E-state index contributed by atoms with van der Waals surface area (Å²) in [5.41, 5.74) is 4.57. The number of carbonyl (C=O) groups excluding carboxylic acids is 1. The third-order valence-corrected chi connectivity index (χ3v) is 5.53. The van der Waals surface area contributed by atoms with Gasteiger partial charge in [-0.05, 0) is 85.6 Å². The van der Waals surface area contributed by atoms with Crippen molar-refractivity contribution in [2.75, 3.05) is 5.32 Å². The van der Waals surface area contributed by atoms with Gasteiger partial charge in [0.2, 0.25) is 5.82 Å². The van der Waals surface area contributed by atoms with Gasteiger partial charge in [0, 0.05) is 20.7 Å². The Morgan fingerprint density at radius 2 is 1.67 bits per heavy atom. The minimum atomic E-state index is -0.371. The van der Waals surface area contributed by atoms with Gasteiger partial charge in [-0.1, -0.05) is 33.6 Å². The lowest BCUT2D eigenvalue weighted by molar-refractivity contribution is 0.101. The molecule has 0 bridgehead atoms. The Hall–Kier alpha value is -2.96. The van der Waals surface area contributed by atoms with Crippen LogP contribution in [0.3, 0.4) is 0 Å². The van der Waals surface area contributed by atoms with Crippen molar-refractivity contribution < 1.29 is 4.79 Å². The van der Waals surface area contributed by atoms with Gasteiger partial charge >= 0.3 is 0 Å². The molecule has 0 saturated heterocycles. The van der Waals surface area contributed by atoms with E-state index in [2.05, 4.69) is 31.3 Å². The molecule has 1 aromatic heterocycles. The van der Waals surface area contributed by atoms with Crippen LogP contribution in [0.4, 0.5) is 5.69 Å². The normalized spacial score (nSPS) is 10.8. The number of aryl methyl sites for hydroxylation is 2. The van der Waals surface area contributed by atoms with Crippen LogP contribution in [0, 0.1) is 13.8 Å². The first kappa shape index (κ1) is 20.3. The quantitative estimate of drug-likeness (QED) is 0.376. The molecule has 0 unspecified atom stereocenters. The highest BCUT2D eigenvalue weighted by atomic mass is 79.9. The second kappa shape index (κ2) is 8.42. The van der Waals surface area contributed by atoms with E-state index in [1.807, 2.05) is 68.4 Å². The van der Waals surface area contributed by atoms with Crippen LogP contribution in [-0.2, 0) is 0 Å². The van der Waals surface area contributed by atoms with Crippen LogP contribution < -0.4 is 5.32 Å². The van der Waals surface area contributed by atoms with Crippen molar-refractivity contribution in [1.82, 2.24) is 14.8 Å². The van der Waals surface area contributed by atoms with Crippen molar-refractivity contribution >= 4 is 39.1 Å². The molecule has 0 radical (unpaired) electrons. The smallest absolute Gasteiger partial charge is 0.295 e. The number of hydrogen-bond acceptors (Lipinski definition) is 3. The summed E-state index contributed by atoms with van der Waals surface area (Å²) in [5, 5.41) is 8.00. The zero-order valence-corrected chi connectivity index (χ0v) is 18.7. The fourth-order valence-electron chi connectivity index (χ4n) is 2.96. The van der Waals surface area contributed by atoms with E-state index in [1.165, 1.54) is 0 Å². The predicted octanol–water partition coefficient (Wildman–Crippen LogP) is 6.22. The Morgan fingerprint density at radius 1 is 0.967 bits per heavy atom. The third-order valence-electron chi connectivity index (χ3n) is 4.75. The van der Waals surface area contributed by atoms with Gasteiger partial charge in [-0.2, -0.15) is 0 Å². The minimum Gasteiger partial charge on any atom is -0.319 e. The van der Waals surface area contributed by atoms with Gasteiger partial charge in [0.15, 0.2) is 5.82 Å². The molecule has 150 valence electrons. The lowest BCUT2D eigenvalue weighted by Crippen LogP contribution is -2.14. The SMILES string of the molecule is Cc1ccc(NC(=O)c2nc(-c3ccc(Cl)cc3)n(-c3ccc(Br)cc3)n2)cc1C. The molecule has 0 aliphatic rings. The molecule has 4 rings (SSSR count). The van der Waals surface area contributed by atoms with Crippen molar-refractivity contribution in [3.8, 4) is 17.1 Å². The second-order valence-corrected chi connectivity index (χ2v) is 8.26. The van der Waals surface area contributed by atoms with Crippen LogP contribution in [0.5, 0.6) is 0 Å². The van der Waals surface area contributed by atoms with Gasteiger partial charge in [0.05, 0.1) is 5.69 Å². The number of benzene rings is 3. The van der Waals surface area contributed by atoms with E-state index >= 15 is 0 Å². The largest absolute Gasteiger partial charge is 0.319 e. The Balaban J connectivity index is 1.74. The van der Waals surface area contributed by atoms with Crippen molar-refractivity contribution in [3.05, 3.63) is 93.2 Å². The third kappa shape index (κ3) is 4.30. The summed E-state index contributed by atoms with van der Waals surface area (Å²) >= 11 is 9.47. The molecule has 1 amide bonds. The van der Waals surface area contributed by atoms with Crippen LogP contribution in [0.2, 0.25) is 5.02 Å². The van der Waals surface area contributed by atoms with Gasteiger partial charge in [-0.15, -0.1) is 5.10 Å². The Kier molecular flexibility index (Phi) is 5.70. The van der Waals surface area contributed by atoms with Gasteiger partial charge in [-0.25, -0.2) is 9.67 Å². The van der Waals surface area contributed by atoms with Gasteiger partial charge in [0.25, 0.3) is 5.91 Å². The average molecular weight is 482 g/mol. The lowest BCUT2D eigenvalue weighted by atomic mass is 10.1. The highest BCUT2D eigenvalue weighted by Crippen LogP contribution is 2.24. The molecule has 1 N–H and O–H groups in total. The number of hydrogen-bond donors (Lipinski definition) is 1. The molecule has 0 atom stereocenters. The van der Waals surface area contributed by atoms with E-state index in [-0.39, 0.29) is 11.7 Å². The molecular weight excluding hydrogens is 464 g/mol.